The molecule has 0 aliphatic heterocycles. The van der Waals surface area contributed by atoms with Crippen molar-refractivity contribution in [1.82, 2.24) is 10.7 Å². The molecule has 2 N–H and O–H groups in total. The Morgan fingerprint density at radius 2 is 2.00 bits per heavy atom. The zero-order valence-electron chi connectivity index (χ0n) is 11.5. The van der Waals surface area contributed by atoms with Crippen LogP contribution in [0.4, 0.5) is 4.39 Å². The molecule has 5 heteroatoms. The molecule has 0 amide bonds. The average Bonchev–Trinajstić information content (AvgIpc) is 2.43. The minimum Gasteiger partial charge on any atom is -0.357 e. The van der Waals surface area contributed by atoms with Crippen molar-refractivity contribution in [3.63, 3.8) is 0 Å². The first-order chi connectivity index (χ1) is 9.02. The molecular weight excluding hydrogens is 261 g/mol. The van der Waals surface area contributed by atoms with E-state index in [4.69, 9.17) is 12.2 Å². The first-order valence-electron chi connectivity index (χ1n) is 6.35. The predicted octanol–water partition coefficient (Wildman–Crippen LogP) is 3.21. The summed E-state index contributed by atoms with van der Waals surface area (Å²) in [6, 6.07) is 6.30. The number of hydrazone groups is 1. The van der Waals surface area contributed by atoms with Gasteiger partial charge >= 0.3 is 0 Å². The molecule has 0 radical (unpaired) electrons. The van der Waals surface area contributed by atoms with E-state index >= 15 is 0 Å². The molecule has 0 heterocycles. The molecule has 0 spiro atoms. The van der Waals surface area contributed by atoms with Crippen LogP contribution in [0.3, 0.4) is 0 Å². The van der Waals surface area contributed by atoms with Crippen molar-refractivity contribution < 1.29 is 4.39 Å². The van der Waals surface area contributed by atoms with Crippen molar-refractivity contribution in [2.24, 2.45) is 11.0 Å². The Bertz CT molecular complexity index is 443. The minimum absolute atomic E-state index is 0.238. The molecule has 0 bridgehead atoms. The third-order valence-electron chi connectivity index (χ3n) is 3.03. The molecule has 0 fully saturated rings. The maximum atomic E-state index is 12.7. The van der Waals surface area contributed by atoms with Gasteiger partial charge < -0.3 is 5.32 Å². The number of benzene rings is 1. The van der Waals surface area contributed by atoms with Crippen LogP contribution in [0.15, 0.2) is 29.4 Å². The fraction of sp³-hybridized carbons (Fsp3) is 0.429. The molecule has 1 aromatic rings. The van der Waals surface area contributed by atoms with Crippen LogP contribution in [-0.4, -0.2) is 10.8 Å². The van der Waals surface area contributed by atoms with Crippen molar-refractivity contribution in [3.8, 4) is 0 Å². The minimum atomic E-state index is -0.238. The highest BCUT2D eigenvalue weighted by Crippen LogP contribution is 2.03. The maximum absolute atomic E-state index is 12.7. The van der Waals surface area contributed by atoms with E-state index in [-0.39, 0.29) is 5.82 Å². The molecule has 3 nitrogen and oxygen atoms in total. The standard InChI is InChI=1S/C14H20FN3S/c1-4-10(2)11(3)17-18-14(19)16-9-12-5-7-13(15)8-6-12/h5-8,10H,4,9H2,1-3H3,(H2,16,18,19)/b17-11-/t10-/m1/s1. The number of hydrogen-bond acceptors (Lipinski definition) is 2. The van der Waals surface area contributed by atoms with Crippen LogP contribution in [-0.2, 0) is 6.54 Å². The fourth-order valence-corrected chi connectivity index (χ4v) is 1.49. The molecule has 0 aliphatic carbocycles. The molecule has 0 saturated heterocycles. The molecule has 1 atom stereocenters. The maximum Gasteiger partial charge on any atom is 0.187 e. The Balaban J connectivity index is 2.38. The number of hydrogen-bond donors (Lipinski definition) is 2. The van der Waals surface area contributed by atoms with Gasteiger partial charge in [0, 0.05) is 12.3 Å². The van der Waals surface area contributed by atoms with Crippen LogP contribution in [0, 0.1) is 11.7 Å². The third-order valence-corrected chi connectivity index (χ3v) is 3.26. The van der Waals surface area contributed by atoms with Gasteiger partial charge in [-0.25, -0.2) is 4.39 Å². The largest absolute Gasteiger partial charge is 0.357 e. The lowest BCUT2D eigenvalue weighted by Crippen LogP contribution is -2.32. The van der Waals surface area contributed by atoms with Gasteiger partial charge in [0.15, 0.2) is 5.11 Å². The highest BCUT2D eigenvalue weighted by Gasteiger charge is 2.02. The smallest absolute Gasteiger partial charge is 0.187 e. The van der Waals surface area contributed by atoms with Gasteiger partial charge in [0.05, 0.1) is 0 Å². The van der Waals surface area contributed by atoms with Crippen molar-refractivity contribution >= 4 is 23.0 Å². The number of nitrogens with one attached hydrogen (secondary N) is 2. The van der Waals surface area contributed by atoms with Crippen LogP contribution >= 0.6 is 12.2 Å². The van der Waals surface area contributed by atoms with Crippen LogP contribution in [0.1, 0.15) is 32.8 Å². The van der Waals surface area contributed by atoms with Crippen molar-refractivity contribution in [2.45, 2.75) is 33.7 Å². The van der Waals surface area contributed by atoms with Crippen LogP contribution in [0.2, 0.25) is 0 Å². The molecule has 1 aromatic carbocycles. The number of thiocarbonyl (C=S) groups is 1. The number of halogens is 1. The van der Waals surface area contributed by atoms with E-state index in [1.165, 1.54) is 12.1 Å². The highest BCUT2D eigenvalue weighted by atomic mass is 32.1. The molecule has 19 heavy (non-hydrogen) atoms. The molecule has 104 valence electrons. The van der Waals surface area contributed by atoms with Gasteiger partial charge in [-0.05, 0) is 49.2 Å². The van der Waals surface area contributed by atoms with Crippen LogP contribution in [0.5, 0.6) is 0 Å². The van der Waals surface area contributed by atoms with Gasteiger partial charge in [-0.2, -0.15) is 5.10 Å². The Morgan fingerprint density at radius 3 is 2.58 bits per heavy atom. The molecule has 0 aliphatic rings. The summed E-state index contributed by atoms with van der Waals surface area (Å²) < 4.78 is 12.7. The molecule has 0 aromatic heterocycles. The summed E-state index contributed by atoms with van der Waals surface area (Å²) in [5.74, 6) is 0.200. The monoisotopic (exact) mass is 281 g/mol. The van der Waals surface area contributed by atoms with Gasteiger partial charge in [0.1, 0.15) is 5.82 Å². The summed E-state index contributed by atoms with van der Waals surface area (Å²) >= 11 is 5.12. The van der Waals surface area contributed by atoms with Gasteiger partial charge in [-0.1, -0.05) is 26.0 Å². The van der Waals surface area contributed by atoms with Gasteiger partial charge in [0.25, 0.3) is 0 Å². The Morgan fingerprint density at radius 1 is 1.37 bits per heavy atom. The molecule has 0 unspecified atom stereocenters. The summed E-state index contributed by atoms with van der Waals surface area (Å²) in [5, 5.41) is 7.71. The lowest BCUT2D eigenvalue weighted by Gasteiger charge is -2.10. The number of rotatable bonds is 5. The normalized spacial score (nSPS) is 12.9. The molecular formula is C14H20FN3S. The van der Waals surface area contributed by atoms with E-state index in [9.17, 15) is 4.39 Å². The van der Waals surface area contributed by atoms with Gasteiger partial charge in [-0.3, -0.25) is 5.43 Å². The van der Waals surface area contributed by atoms with Crippen molar-refractivity contribution in [1.29, 1.82) is 0 Å². The average molecular weight is 281 g/mol. The van der Waals surface area contributed by atoms with E-state index in [2.05, 4.69) is 29.7 Å². The zero-order chi connectivity index (χ0) is 14.3. The van der Waals surface area contributed by atoms with Crippen molar-refractivity contribution in [3.05, 3.63) is 35.6 Å². The highest BCUT2D eigenvalue weighted by molar-refractivity contribution is 7.80. The summed E-state index contributed by atoms with van der Waals surface area (Å²) in [6.45, 7) is 6.76. The fourth-order valence-electron chi connectivity index (χ4n) is 1.37. The second kappa shape index (κ2) is 7.84. The predicted molar refractivity (Wildman–Crippen MR) is 81.5 cm³/mol. The van der Waals surface area contributed by atoms with Gasteiger partial charge in [-0.15, -0.1) is 0 Å². The second-order valence-corrected chi connectivity index (χ2v) is 4.89. The van der Waals surface area contributed by atoms with E-state index in [0.29, 0.717) is 17.6 Å². The van der Waals surface area contributed by atoms with Crippen LogP contribution < -0.4 is 10.7 Å². The van der Waals surface area contributed by atoms with Crippen LogP contribution in [0.25, 0.3) is 0 Å². The quantitative estimate of drug-likeness (QED) is 0.494. The first kappa shape index (κ1) is 15.6. The first-order valence-corrected chi connectivity index (χ1v) is 6.76. The second-order valence-electron chi connectivity index (χ2n) is 4.48. The van der Waals surface area contributed by atoms with Gasteiger partial charge in [0.2, 0.25) is 0 Å². The van der Waals surface area contributed by atoms with E-state index in [1.54, 1.807) is 12.1 Å². The Hall–Kier alpha value is -1.49. The zero-order valence-corrected chi connectivity index (χ0v) is 12.4. The van der Waals surface area contributed by atoms with E-state index in [0.717, 1.165) is 17.7 Å². The lowest BCUT2D eigenvalue weighted by atomic mass is 10.1. The molecule has 1 rings (SSSR count). The van der Waals surface area contributed by atoms with E-state index < -0.39 is 0 Å². The Kier molecular flexibility index (Phi) is 6.42. The summed E-state index contributed by atoms with van der Waals surface area (Å²) in [4.78, 5) is 0. The van der Waals surface area contributed by atoms with E-state index in [1.807, 2.05) is 6.92 Å². The summed E-state index contributed by atoms with van der Waals surface area (Å²) in [7, 11) is 0. The van der Waals surface area contributed by atoms with Crippen molar-refractivity contribution in [2.75, 3.05) is 0 Å². The lowest BCUT2D eigenvalue weighted by molar-refractivity contribution is 0.626. The SMILES string of the molecule is CC[C@@H](C)/C(C)=N\NC(=S)NCc1ccc(F)cc1. The number of nitrogens with zero attached hydrogens (tertiary/aromatic N) is 1. The topological polar surface area (TPSA) is 36.4 Å². The summed E-state index contributed by atoms with van der Waals surface area (Å²) in [5.41, 5.74) is 4.80. The third kappa shape index (κ3) is 5.79. The summed E-state index contributed by atoms with van der Waals surface area (Å²) in [6.07, 6.45) is 1.05. The molecule has 0 saturated carbocycles. The Labute approximate surface area is 119 Å².